The number of hydrogen-bond donors (Lipinski definition) is 1. The van der Waals surface area contributed by atoms with Gasteiger partial charge in [0.15, 0.2) is 11.7 Å². The summed E-state index contributed by atoms with van der Waals surface area (Å²) in [5.41, 5.74) is 0.912. The first-order valence-corrected chi connectivity index (χ1v) is 7.47. The molecule has 20 heavy (non-hydrogen) atoms. The average molecular weight is 360 g/mol. The smallest absolute Gasteiger partial charge is 0.196 e. The number of nitrogens with zero attached hydrogens (tertiary/aromatic N) is 1. The van der Waals surface area contributed by atoms with Gasteiger partial charge in [0, 0.05) is 41.7 Å². The van der Waals surface area contributed by atoms with E-state index in [1.165, 1.54) is 0 Å². The van der Waals surface area contributed by atoms with Crippen molar-refractivity contribution in [3.8, 4) is 11.3 Å². The van der Waals surface area contributed by atoms with Gasteiger partial charge in [-0.15, -0.1) is 0 Å². The van der Waals surface area contributed by atoms with Gasteiger partial charge in [-0.05, 0) is 18.2 Å². The molecular weight excluding hydrogens is 344 g/mol. The number of oxazole rings is 1. The lowest BCUT2D eigenvalue weighted by Gasteiger charge is -2.01. The second-order valence-electron chi connectivity index (χ2n) is 4.27. The topological polar surface area (TPSA) is 47.3 Å². The molecule has 0 aliphatic carbocycles. The Morgan fingerprint density at radius 1 is 1.35 bits per heavy atom. The van der Waals surface area contributed by atoms with Gasteiger partial charge in [0.25, 0.3) is 0 Å². The summed E-state index contributed by atoms with van der Waals surface area (Å²) in [5.74, 6) is 1.43. The van der Waals surface area contributed by atoms with E-state index >= 15 is 0 Å². The zero-order valence-corrected chi connectivity index (χ0v) is 13.5. The minimum absolute atomic E-state index is 0.661. The molecule has 0 saturated heterocycles. The Balaban J connectivity index is 1.94. The number of ether oxygens (including phenoxy) is 1. The zero-order chi connectivity index (χ0) is 14.4. The molecule has 0 aliphatic rings. The van der Waals surface area contributed by atoms with Crippen LogP contribution in [0, 0.1) is 0 Å². The molecular formula is C14H16BrClN2O2. The summed E-state index contributed by atoms with van der Waals surface area (Å²) in [6.45, 7) is 2.33. The molecule has 2 rings (SSSR count). The van der Waals surface area contributed by atoms with Gasteiger partial charge in [-0.1, -0.05) is 27.5 Å². The standard InChI is InChI=1S/C14H16BrClN2O2/c1-19-5-4-17-3-2-14-18-9-13(20-14)10-6-11(15)8-12(16)7-10/h6-9,17H,2-5H2,1H3. The molecule has 0 radical (unpaired) electrons. The van der Waals surface area contributed by atoms with E-state index in [2.05, 4.69) is 26.2 Å². The van der Waals surface area contributed by atoms with Gasteiger partial charge in [0.2, 0.25) is 0 Å². The number of nitrogens with one attached hydrogen (secondary N) is 1. The van der Waals surface area contributed by atoms with Crippen LogP contribution in [-0.2, 0) is 11.2 Å². The van der Waals surface area contributed by atoms with Crippen molar-refractivity contribution >= 4 is 27.5 Å². The van der Waals surface area contributed by atoms with Crippen molar-refractivity contribution in [2.45, 2.75) is 6.42 Å². The molecule has 0 atom stereocenters. The van der Waals surface area contributed by atoms with Crippen molar-refractivity contribution in [3.05, 3.63) is 39.8 Å². The second kappa shape index (κ2) is 7.78. The summed E-state index contributed by atoms with van der Waals surface area (Å²) < 4.78 is 11.6. The molecule has 1 aromatic carbocycles. The molecule has 4 nitrogen and oxygen atoms in total. The highest BCUT2D eigenvalue weighted by Crippen LogP contribution is 2.27. The maximum Gasteiger partial charge on any atom is 0.196 e. The molecule has 0 spiro atoms. The highest BCUT2D eigenvalue weighted by atomic mass is 79.9. The van der Waals surface area contributed by atoms with E-state index in [1.54, 1.807) is 13.3 Å². The van der Waals surface area contributed by atoms with E-state index in [0.29, 0.717) is 17.5 Å². The van der Waals surface area contributed by atoms with Gasteiger partial charge in [-0.2, -0.15) is 0 Å². The lowest BCUT2D eigenvalue weighted by Crippen LogP contribution is -2.21. The summed E-state index contributed by atoms with van der Waals surface area (Å²) in [5, 5.41) is 3.91. The van der Waals surface area contributed by atoms with Crippen molar-refractivity contribution in [3.63, 3.8) is 0 Å². The van der Waals surface area contributed by atoms with Gasteiger partial charge in [-0.25, -0.2) is 4.98 Å². The third-order valence-corrected chi connectivity index (χ3v) is 3.38. The number of halogens is 2. The maximum absolute atomic E-state index is 6.03. The molecule has 0 unspecified atom stereocenters. The molecule has 1 heterocycles. The van der Waals surface area contributed by atoms with E-state index in [9.17, 15) is 0 Å². The van der Waals surface area contributed by atoms with Crippen LogP contribution in [0.2, 0.25) is 5.02 Å². The number of hydrogen-bond acceptors (Lipinski definition) is 4. The van der Waals surface area contributed by atoms with Crippen molar-refractivity contribution in [2.24, 2.45) is 0 Å². The zero-order valence-electron chi connectivity index (χ0n) is 11.2. The first kappa shape index (κ1) is 15.5. The molecule has 1 N–H and O–H groups in total. The number of benzene rings is 1. The lowest BCUT2D eigenvalue weighted by atomic mass is 10.2. The van der Waals surface area contributed by atoms with Gasteiger partial charge < -0.3 is 14.5 Å². The lowest BCUT2D eigenvalue weighted by molar-refractivity contribution is 0.199. The van der Waals surface area contributed by atoms with Crippen LogP contribution in [0.4, 0.5) is 0 Å². The van der Waals surface area contributed by atoms with Crippen LogP contribution in [0.15, 0.2) is 33.3 Å². The third kappa shape index (κ3) is 4.59. The van der Waals surface area contributed by atoms with Gasteiger partial charge in [0.05, 0.1) is 12.8 Å². The van der Waals surface area contributed by atoms with E-state index in [-0.39, 0.29) is 0 Å². The Kier molecular flexibility index (Phi) is 6.04. The van der Waals surface area contributed by atoms with Crippen LogP contribution < -0.4 is 5.32 Å². The van der Waals surface area contributed by atoms with E-state index in [0.717, 1.165) is 35.3 Å². The number of methoxy groups -OCH3 is 1. The highest BCUT2D eigenvalue weighted by molar-refractivity contribution is 9.10. The Hall–Kier alpha value is -0.880. The van der Waals surface area contributed by atoms with Crippen LogP contribution >= 0.6 is 27.5 Å². The minimum atomic E-state index is 0.661. The monoisotopic (exact) mass is 358 g/mol. The molecule has 108 valence electrons. The third-order valence-electron chi connectivity index (χ3n) is 2.70. The summed E-state index contributed by atoms with van der Waals surface area (Å²) >= 11 is 9.44. The Labute approximate surface area is 131 Å². The molecule has 2 aromatic rings. The van der Waals surface area contributed by atoms with E-state index in [4.69, 9.17) is 20.8 Å². The van der Waals surface area contributed by atoms with Gasteiger partial charge in [-0.3, -0.25) is 0 Å². The first-order chi connectivity index (χ1) is 9.69. The summed E-state index contributed by atoms with van der Waals surface area (Å²) in [4.78, 5) is 4.27. The van der Waals surface area contributed by atoms with Gasteiger partial charge >= 0.3 is 0 Å². The Morgan fingerprint density at radius 3 is 2.95 bits per heavy atom. The molecule has 0 saturated carbocycles. The predicted octanol–water partition coefficient (Wildman–Crippen LogP) is 3.54. The van der Waals surface area contributed by atoms with E-state index < -0.39 is 0 Å². The van der Waals surface area contributed by atoms with Crippen molar-refractivity contribution in [1.82, 2.24) is 10.3 Å². The minimum Gasteiger partial charge on any atom is -0.441 e. The molecule has 1 aromatic heterocycles. The van der Waals surface area contributed by atoms with Crippen molar-refractivity contribution < 1.29 is 9.15 Å². The van der Waals surface area contributed by atoms with Crippen LogP contribution in [0.1, 0.15) is 5.89 Å². The quantitative estimate of drug-likeness (QED) is 0.768. The number of rotatable bonds is 7. The largest absolute Gasteiger partial charge is 0.441 e. The molecule has 0 fully saturated rings. The van der Waals surface area contributed by atoms with E-state index in [1.807, 2.05) is 18.2 Å². The van der Waals surface area contributed by atoms with Crippen LogP contribution in [0.5, 0.6) is 0 Å². The Morgan fingerprint density at radius 2 is 2.20 bits per heavy atom. The second-order valence-corrected chi connectivity index (χ2v) is 5.62. The highest BCUT2D eigenvalue weighted by Gasteiger charge is 2.08. The molecule has 6 heteroatoms. The van der Waals surface area contributed by atoms with Crippen molar-refractivity contribution in [2.75, 3.05) is 26.8 Å². The SMILES string of the molecule is COCCNCCc1ncc(-c2cc(Cl)cc(Br)c2)o1. The summed E-state index contributed by atoms with van der Waals surface area (Å²) in [6.07, 6.45) is 2.47. The fraction of sp³-hybridized carbons (Fsp3) is 0.357. The fourth-order valence-corrected chi connectivity index (χ4v) is 2.61. The predicted molar refractivity (Wildman–Crippen MR) is 83.1 cm³/mol. The van der Waals surface area contributed by atoms with Crippen LogP contribution in [0.3, 0.4) is 0 Å². The first-order valence-electron chi connectivity index (χ1n) is 6.30. The summed E-state index contributed by atoms with van der Waals surface area (Å²) in [6, 6.07) is 5.64. The van der Waals surface area contributed by atoms with Crippen LogP contribution in [0.25, 0.3) is 11.3 Å². The fourth-order valence-electron chi connectivity index (χ4n) is 1.75. The normalized spacial score (nSPS) is 10.9. The molecule has 0 aliphatic heterocycles. The van der Waals surface area contributed by atoms with Gasteiger partial charge in [0.1, 0.15) is 0 Å². The van der Waals surface area contributed by atoms with Crippen LogP contribution in [-0.4, -0.2) is 31.8 Å². The average Bonchev–Trinajstić information content (AvgIpc) is 2.86. The Bertz CT molecular complexity index is 540. The van der Waals surface area contributed by atoms with Crippen molar-refractivity contribution in [1.29, 1.82) is 0 Å². The number of aromatic nitrogens is 1. The molecule has 0 bridgehead atoms. The molecule has 0 amide bonds. The summed E-state index contributed by atoms with van der Waals surface area (Å²) in [7, 11) is 1.69. The maximum atomic E-state index is 6.03.